The van der Waals surface area contributed by atoms with Crippen LogP contribution in [0.3, 0.4) is 0 Å². The first kappa shape index (κ1) is 14.1. The second kappa shape index (κ2) is 6.68. The summed E-state index contributed by atoms with van der Waals surface area (Å²) in [5, 5.41) is 10.7. The molecular formula is C10H16ClN5S. The van der Waals surface area contributed by atoms with Crippen molar-refractivity contribution in [2.45, 2.75) is 33.0 Å². The Morgan fingerprint density at radius 3 is 2.94 bits per heavy atom. The van der Waals surface area contributed by atoms with Gasteiger partial charge in [0.15, 0.2) is 0 Å². The summed E-state index contributed by atoms with van der Waals surface area (Å²) in [6.07, 6.45) is 3.28. The lowest BCUT2D eigenvalue weighted by atomic mass is 10.3. The fourth-order valence-electron chi connectivity index (χ4n) is 1.44. The molecule has 2 rings (SSSR count). The van der Waals surface area contributed by atoms with Gasteiger partial charge in [0.1, 0.15) is 12.7 Å². The first-order valence-corrected chi connectivity index (χ1v) is 6.09. The van der Waals surface area contributed by atoms with Crippen molar-refractivity contribution in [3.05, 3.63) is 28.7 Å². The van der Waals surface area contributed by atoms with Crippen molar-refractivity contribution >= 4 is 23.7 Å². The van der Waals surface area contributed by atoms with Crippen molar-refractivity contribution in [1.29, 1.82) is 0 Å². The average Bonchev–Trinajstić information content (AvgIpc) is 2.87. The maximum absolute atomic E-state index is 4.40. The third kappa shape index (κ3) is 4.41. The van der Waals surface area contributed by atoms with Crippen molar-refractivity contribution in [3.8, 4) is 0 Å². The first-order chi connectivity index (χ1) is 7.74. The molecule has 0 fully saturated rings. The number of aryl methyl sites for hydroxylation is 1. The second-order valence-electron chi connectivity index (χ2n) is 3.76. The average molecular weight is 274 g/mol. The number of hydrogen-bond acceptors (Lipinski definition) is 5. The third-order valence-electron chi connectivity index (χ3n) is 2.23. The van der Waals surface area contributed by atoms with Gasteiger partial charge in [0, 0.05) is 18.0 Å². The molecule has 0 aliphatic heterocycles. The van der Waals surface area contributed by atoms with Crippen LogP contribution in [-0.4, -0.2) is 25.8 Å². The number of hydrogen-bond donors (Lipinski definition) is 1. The molecule has 2 aromatic heterocycles. The molecule has 0 saturated carbocycles. The summed E-state index contributed by atoms with van der Waals surface area (Å²) in [5.41, 5.74) is 1.10. The highest BCUT2D eigenvalue weighted by Gasteiger charge is 2.04. The molecule has 0 aliphatic carbocycles. The van der Waals surface area contributed by atoms with Gasteiger partial charge in [0.05, 0.1) is 17.2 Å². The van der Waals surface area contributed by atoms with Gasteiger partial charge in [0.25, 0.3) is 0 Å². The Morgan fingerprint density at radius 1 is 1.53 bits per heavy atom. The molecule has 0 radical (unpaired) electrons. The van der Waals surface area contributed by atoms with E-state index in [2.05, 4.69) is 32.7 Å². The van der Waals surface area contributed by atoms with Gasteiger partial charge >= 0.3 is 0 Å². The molecule has 0 spiro atoms. The van der Waals surface area contributed by atoms with Crippen LogP contribution in [0.25, 0.3) is 0 Å². The van der Waals surface area contributed by atoms with Crippen LogP contribution in [0.4, 0.5) is 0 Å². The normalized spacial score (nSPS) is 12.1. The standard InChI is InChI=1S/C10H15N5S.ClH/c1-8(4-15-7-11-6-13-15)12-3-10-5-16-9(2)14-10;/h5-8,12H,3-4H2,1-2H3;1H. The van der Waals surface area contributed by atoms with Gasteiger partial charge in [-0.2, -0.15) is 5.10 Å². The van der Waals surface area contributed by atoms with E-state index in [1.54, 1.807) is 24.0 Å². The molecule has 1 unspecified atom stereocenters. The van der Waals surface area contributed by atoms with Gasteiger partial charge in [-0.15, -0.1) is 23.7 Å². The Labute approximate surface area is 111 Å². The van der Waals surface area contributed by atoms with E-state index in [1.807, 2.05) is 11.6 Å². The largest absolute Gasteiger partial charge is 0.307 e. The topological polar surface area (TPSA) is 55.6 Å². The highest BCUT2D eigenvalue weighted by molar-refractivity contribution is 7.09. The summed E-state index contributed by atoms with van der Waals surface area (Å²) in [5.74, 6) is 0. The van der Waals surface area contributed by atoms with Gasteiger partial charge in [-0.25, -0.2) is 9.97 Å². The minimum Gasteiger partial charge on any atom is -0.307 e. The summed E-state index contributed by atoms with van der Waals surface area (Å²) in [6.45, 7) is 5.78. The number of aromatic nitrogens is 4. The molecule has 17 heavy (non-hydrogen) atoms. The van der Waals surface area contributed by atoms with E-state index in [1.165, 1.54) is 0 Å². The Hall–Kier alpha value is -0.980. The number of nitrogens with one attached hydrogen (secondary N) is 1. The maximum atomic E-state index is 4.40. The molecule has 0 aliphatic rings. The number of halogens is 1. The van der Waals surface area contributed by atoms with Crippen LogP contribution in [0.5, 0.6) is 0 Å². The van der Waals surface area contributed by atoms with E-state index in [-0.39, 0.29) is 12.4 Å². The zero-order chi connectivity index (χ0) is 11.4. The highest BCUT2D eigenvalue weighted by atomic mass is 35.5. The maximum Gasteiger partial charge on any atom is 0.137 e. The number of thiazole rings is 1. The Bertz CT molecular complexity index is 428. The molecule has 0 amide bonds. The van der Waals surface area contributed by atoms with Crippen molar-refractivity contribution < 1.29 is 0 Å². The molecule has 2 heterocycles. The minimum absolute atomic E-state index is 0. The quantitative estimate of drug-likeness (QED) is 0.900. The molecule has 0 bridgehead atoms. The van der Waals surface area contributed by atoms with Crippen LogP contribution in [-0.2, 0) is 13.1 Å². The van der Waals surface area contributed by atoms with Crippen LogP contribution < -0.4 is 5.32 Å². The van der Waals surface area contributed by atoms with Crippen molar-refractivity contribution in [3.63, 3.8) is 0 Å². The molecule has 2 aromatic rings. The summed E-state index contributed by atoms with van der Waals surface area (Å²) < 4.78 is 1.82. The van der Waals surface area contributed by atoms with E-state index < -0.39 is 0 Å². The highest BCUT2D eigenvalue weighted by Crippen LogP contribution is 2.07. The first-order valence-electron chi connectivity index (χ1n) is 5.21. The summed E-state index contributed by atoms with van der Waals surface area (Å²) in [6, 6.07) is 0.351. The second-order valence-corrected chi connectivity index (χ2v) is 4.82. The summed E-state index contributed by atoms with van der Waals surface area (Å²) in [4.78, 5) is 8.31. The van der Waals surface area contributed by atoms with Gasteiger partial charge in [-0.3, -0.25) is 4.68 Å². The number of rotatable bonds is 5. The van der Waals surface area contributed by atoms with Crippen LogP contribution in [0, 0.1) is 6.92 Å². The van der Waals surface area contributed by atoms with E-state index in [0.717, 1.165) is 23.8 Å². The molecule has 5 nitrogen and oxygen atoms in total. The van der Waals surface area contributed by atoms with E-state index in [9.17, 15) is 0 Å². The van der Waals surface area contributed by atoms with Gasteiger partial charge < -0.3 is 5.32 Å². The van der Waals surface area contributed by atoms with Gasteiger partial charge in [-0.1, -0.05) is 0 Å². The fourth-order valence-corrected chi connectivity index (χ4v) is 2.05. The van der Waals surface area contributed by atoms with Crippen molar-refractivity contribution in [1.82, 2.24) is 25.1 Å². The van der Waals surface area contributed by atoms with Crippen LogP contribution in [0.2, 0.25) is 0 Å². The van der Waals surface area contributed by atoms with Gasteiger partial charge in [0.2, 0.25) is 0 Å². The zero-order valence-corrected chi connectivity index (χ0v) is 11.5. The predicted molar refractivity (Wildman–Crippen MR) is 70.4 cm³/mol. The van der Waals surface area contributed by atoms with Crippen LogP contribution >= 0.6 is 23.7 Å². The SMILES string of the molecule is Cc1nc(CNC(C)Cn2cncn2)cs1.Cl. The van der Waals surface area contributed by atoms with E-state index in [0.29, 0.717) is 6.04 Å². The van der Waals surface area contributed by atoms with Crippen LogP contribution in [0.1, 0.15) is 17.6 Å². The molecule has 94 valence electrons. The van der Waals surface area contributed by atoms with Gasteiger partial charge in [-0.05, 0) is 13.8 Å². The molecule has 0 saturated heterocycles. The third-order valence-corrected chi connectivity index (χ3v) is 3.05. The lowest BCUT2D eigenvalue weighted by molar-refractivity contribution is 0.448. The fraction of sp³-hybridized carbons (Fsp3) is 0.500. The smallest absolute Gasteiger partial charge is 0.137 e. The minimum atomic E-state index is 0. The van der Waals surface area contributed by atoms with E-state index >= 15 is 0 Å². The van der Waals surface area contributed by atoms with Crippen molar-refractivity contribution in [2.75, 3.05) is 0 Å². The van der Waals surface area contributed by atoms with E-state index in [4.69, 9.17) is 0 Å². The Morgan fingerprint density at radius 2 is 2.35 bits per heavy atom. The number of nitrogens with zero attached hydrogens (tertiary/aromatic N) is 4. The Balaban J connectivity index is 0.00000144. The lowest BCUT2D eigenvalue weighted by Gasteiger charge is -2.12. The molecule has 7 heteroatoms. The zero-order valence-electron chi connectivity index (χ0n) is 9.83. The molecular weight excluding hydrogens is 258 g/mol. The molecule has 1 N–H and O–H groups in total. The lowest BCUT2D eigenvalue weighted by Crippen LogP contribution is -2.30. The molecule has 1 atom stereocenters. The van der Waals surface area contributed by atoms with Crippen LogP contribution in [0.15, 0.2) is 18.0 Å². The van der Waals surface area contributed by atoms with Crippen molar-refractivity contribution in [2.24, 2.45) is 0 Å². The Kier molecular flexibility index (Phi) is 5.54. The molecule has 0 aromatic carbocycles. The summed E-state index contributed by atoms with van der Waals surface area (Å²) >= 11 is 1.68. The monoisotopic (exact) mass is 273 g/mol. The summed E-state index contributed by atoms with van der Waals surface area (Å²) in [7, 11) is 0. The predicted octanol–water partition coefficient (Wildman–Crippen LogP) is 1.64.